The summed E-state index contributed by atoms with van der Waals surface area (Å²) >= 11 is 0. The maximum atomic E-state index is 2.42. The highest BCUT2D eigenvalue weighted by Crippen LogP contribution is 2.40. The Morgan fingerprint density at radius 1 is 0.576 bits per heavy atom. The van der Waals surface area contributed by atoms with Crippen LogP contribution in [0.5, 0.6) is 0 Å². The SMILES string of the molecule is CC(C)(C)c1ccc(-c2cccc3c2C=C(c2cccc4c2ccc2ccccc24)C3)cc1. The fourth-order valence-electron chi connectivity index (χ4n) is 5.26. The van der Waals surface area contributed by atoms with Gasteiger partial charge in [0.25, 0.3) is 0 Å². The van der Waals surface area contributed by atoms with E-state index in [2.05, 4.69) is 124 Å². The quantitative estimate of drug-likeness (QED) is 0.248. The Morgan fingerprint density at radius 3 is 2.12 bits per heavy atom. The fraction of sp³-hybridized carbons (Fsp3) is 0.152. The Bertz CT molecular complexity index is 1540. The molecule has 0 atom stereocenters. The summed E-state index contributed by atoms with van der Waals surface area (Å²) in [5.41, 5.74) is 9.71. The third kappa shape index (κ3) is 3.38. The zero-order chi connectivity index (χ0) is 22.6. The monoisotopic (exact) mass is 424 g/mol. The number of rotatable bonds is 2. The molecule has 1 aliphatic rings. The standard InChI is InChI=1S/C33H28/c1-33(2,3)26-17-14-23(15-18-26)28-11-6-9-24-20-25(21-32(24)28)29-12-7-13-30-27-10-5-4-8-22(27)16-19-31(29)30/h4-19,21H,20H2,1-3H3. The van der Waals surface area contributed by atoms with Crippen LogP contribution in [0.2, 0.25) is 0 Å². The number of hydrogen-bond donors (Lipinski definition) is 0. The van der Waals surface area contributed by atoms with Gasteiger partial charge in [-0.1, -0.05) is 118 Å². The number of hydrogen-bond acceptors (Lipinski definition) is 0. The molecule has 0 N–H and O–H groups in total. The first kappa shape index (κ1) is 20.0. The van der Waals surface area contributed by atoms with Crippen LogP contribution in [-0.4, -0.2) is 0 Å². The van der Waals surface area contributed by atoms with Crippen molar-refractivity contribution < 1.29 is 0 Å². The first-order valence-corrected chi connectivity index (χ1v) is 11.8. The Labute approximate surface area is 196 Å². The van der Waals surface area contributed by atoms with Gasteiger partial charge < -0.3 is 0 Å². The highest BCUT2D eigenvalue weighted by Gasteiger charge is 2.20. The minimum Gasteiger partial charge on any atom is -0.0616 e. The molecule has 160 valence electrons. The average molecular weight is 425 g/mol. The molecule has 0 saturated heterocycles. The van der Waals surface area contributed by atoms with Crippen molar-refractivity contribution in [2.75, 3.05) is 0 Å². The van der Waals surface area contributed by atoms with Crippen LogP contribution in [0.4, 0.5) is 0 Å². The summed E-state index contributed by atoms with van der Waals surface area (Å²) in [6.45, 7) is 6.81. The molecule has 0 unspecified atom stereocenters. The third-order valence-corrected chi connectivity index (χ3v) is 7.09. The summed E-state index contributed by atoms with van der Waals surface area (Å²) in [6, 6.07) is 35.9. The molecular weight excluding hydrogens is 396 g/mol. The largest absolute Gasteiger partial charge is 0.0616 e. The van der Waals surface area contributed by atoms with Gasteiger partial charge in [-0.3, -0.25) is 0 Å². The maximum Gasteiger partial charge on any atom is -0.00132 e. The van der Waals surface area contributed by atoms with Gasteiger partial charge in [0.2, 0.25) is 0 Å². The number of fused-ring (bicyclic) bond motifs is 4. The smallest absolute Gasteiger partial charge is 0.00132 e. The molecule has 1 aliphatic carbocycles. The van der Waals surface area contributed by atoms with E-state index in [1.54, 1.807) is 0 Å². The molecule has 0 amide bonds. The molecule has 0 bridgehead atoms. The molecule has 0 radical (unpaired) electrons. The van der Waals surface area contributed by atoms with Crippen LogP contribution in [0.15, 0.2) is 97.1 Å². The predicted octanol–water partition coefficient (Wildman–Crippen LogP) is 9.05. The van der Waals surface area contributed by atoms with Crippen molar-refractivity contribution in [1.82, 2.24) is 0 Å². The minimum absolute atomic E-state index is 0.169. The van der Waals surface area contributed by atoms with Crippen molar-refractivity contribution in [3.8, 4) is 11.1 Å². The van der Waals surface area contributed by atoms with Gasteiger partial charge in [0, 0.05) is 0 Å². The first-order chi connectivity index (χ1) is 16.0. The molecule has 0 fully saturated rings. The second kappa shape index (κ2) is 7.46. The zero-order valence-electron chi connectivity index (χ0n) is 19.5. The molecule has 0 heteroatoms. The Kier molecular flexibility index (Phi) is 4.52. The van der Waals surface area contributed by atoms with Crippen molar-refractivity contribution in [2.24, 2.45) is 0 Å². The van der Waals surface area contributed by atoms with E-state index in [-0.39, 0.29) is 5.41 Å². The van der Waals surface area contributed by atoms with Gasteiger partial charge in [-0.25, -0.2) is 0 Å². The van der Waals surface area contributed by atoms with Crippen molar-refractivity contribution in [1.29, 1.82) is 0 Å². The van der Waals surface area contributed by atoms with Gasteiger partial charge in [0.15, 0.2) is 0 Å². The highest BCUT2D eigenvalue weighted by molar-refractivity contribution is 6.12. The lowest BCUT2D eigenvalue weighted by Crippen LogP contribution is -2.10. The Balaban J connectivity index is 1.46. The lowest BCUT2D eigenvalue weighted by molar-refractivity contribution is 0.590. The van der Waals surface area contributed by atoms with E-state index in [4.69, 9.17) is 0 Å². The second-order valence-corrected chi connectivity index (χ2v) is 10.2. The highest BCUT2D eigenvalue weighted by atomic mass is 14.2. The van der Waals surface area contributed by atoms with E-state index >= 15 is 0 Å². The summed E-state index contributed by atoms with van der Waals surface area (Å²) in [7, 11) is 0. The van der Waals surface area contributed by atoms with Crippen molar-refractivity contribution >= 4 is 33.2 Å². The number of allylic oxidation sites excluding steroid dienone is 1. The molecular formula is C33H28. The summed E-state index contributed by atoms with van der Waals surface area (Å²) < 4.78 is 0. The lowest BCUT2D eigenvalue weighted by atomic mass is 9.86. The Morgan fingerprint density at radius 2 is 1.30 bits per heavy atom. The molecule has 0 aromatic heterocycles. The van der Waals surface area contributed by atoms with Crippen LogP contribution < -0.4 is 0 Å². The molecule has 0 spiro atoms. The molecule has 5 aromatic rings. The van der Waals surface area contributed by atoms with E-state index in [1.165, 1.54) is 60.5 Å². The predicted molar refractivity (Wildman–Crippen MR) is 144 cm³/mol. The third-order valence-electron chi connectivity index (χ3n) is 7.09. The molecule has 0 heterocycles. The van der Waals surface area contributed by atoms with E-state index in [9.17, 15) is 0 Å². The van der Waals surface area contributed by atoms with Crippen LogP contribution in [0, 0.1) is 0 Å². The van der Waals surface area contributed by atoms with E-state index < -0.39 is 0 Å². The molecule has 0 aliphatic heterocycles. The minimum atomic E-state index is 0.169. The van der Waals surface area contributed by atoms with E-state index in [1.807, 2.05) is 0 Å². The average Bonchev–Trinajstić information content (AvgIpc) is 3.27. The molecule has 33 heavy (non-hydrogen) atoms. The van der Waals surface area contributed by atoms with Crippen molar-refractivity contribution in [2.45, 2.75) is 32.6 Å². The molecule has 0 nitrogen and oxygen atoms in total. The normalized spacial score (nSPS) is 13.4. The maximum absolute atomic E-state index is 2.42. The number of benzene rings is 5. The summed E-state index contributed by atoms with van der Waals surface area (Å²) in [5, 5.41) is 5.30. The molecule has 5 aromatic carbocycles. The van der Waals surface area contributed by atoms with Crippen LogP contribution >= 0.6 is 0 Å². The van der Waals surface area contributed by atoms with Gasteiger partial charge in [0.05, 0.1) is 0 Å². The Hall–Kier alpha value is -3.64. The van der Waals surface area contributed by atoms with Crippen LogP contribution in [0.3, 0.4) is 0 Å². The van der Waals surface area contributed by atoms with Gasteiger partial charge in [-0.2, -0.15) is 0 Å². The summed E-state index contributed by atoms with van der Waals surface area (Å²) in [5.74, 6) is 0. The lowest BCUT2D eigenvalue weighted by Gasteiger charge is -2.19. The van der Waals surface area contributed by atoms with Crippen molar-refractivity contribution in [3.63, 3.8) is 0 Å². The fourth-order valence-corrected chi connectivity index (χ4v) is 5.26. The van der Waals surface area contributed by atoms with Crippen LogP contribution in [0.25, 0.3) is 44.3 Å². The second-order valence-electron chi connectivity index (χ2n) is 10.2. The van der Waals surface area contributed by atoms with Gasteiger partial charge in [0.1, 0.15) is 0 Å². The van der Waals surface area contributed by atoms with Gasteiger partial charge in [-0.15, -0.1) is 0 Å². The molecule has 6 rings (SSSR count). The summed E-state index contributed by atoms with van der Waals surface area (Å²) in [6.07, 6.45) is 3.40. The van der Waals surface area contributed by atoms with E-state index in [0.29, 0.717) is 0 Å². The van der Waals surface area contributed by atoms with Gasteiger partial charge in [-0.05, 0) is 78.4 Å². The topological polar surface area (TPSA) is 0 Å². The van der Waals surface area contributed by atoms with Crippen LogP contribution in [0.1, 0.15) is 43.0 Å². The summed E-state index contributed by atoms with van der Waals surface area (Å²) in [4.78, 5) is 0. The van der Waals surface area contributed by atoms with E-state index in [0.717, 1.165) is 6.42 Å². The van der Waals surface area contributed by atoms with Crippen LogP contribution in [-0.2, 0) is 11.8 Å². The zero-order valence-corrected chi connectivity index (χ0v) is 19.5. The molecule has 0 saturated carbocycles. The first-order valence-electron chi connectivity index (χ1n) is 11.8. The van der Waals surface area contributed by atoms with Gasteiger partial charge >= 0.3 is 0 Å². The van der Waals surface area contributed by atoms with Crippen molar-refractivity contribution in [3.05, 3.63) is 119 Å².